The second-order valence-corrected chi connectivity index (χ2v) is 3.81. The van der Waals surface area contributed by atoms with Crippen LogP contribution in [0.3, 0.4) is 0 Å². The van der Waals surface area contributed by atoms with Gasteiger partial charge in [-0.1, -0.05) is 0 Å². The molecule has 2 saturated heterocycles. The quantitative estimate of drug-likeness (QED) is 0.713. The number of aliphatic carboxylic acids is 1. The molecule has 2 fully saturated rings. The van der Waals surface area contributed by atoms with Crippen molar-refractivity contribution >= 4 is 12.1 Å². The second kappa shape index (κ2) is 4.06. The molecule has 0 spiro atoms. The zero-order chi connectivity index (χ0) is 10.8. The van der Waals surface area contributed by atoms with E-state index in [4.69, 9.17) is 14.6 Å². The number of nitrogens with zero attached hydrogens (tertiary/aromatic N) is 1. The number of cyclic esters (lactones) is 1. The van der Waals surface area contributed by atoms with Gasteiger partial charge < -0.3 is 14.6 Å². The summed E-state index contributed by atoms with van der Waals surface area (Å²) in [5.41, 5.74) is 0. The molecular formula is C9H13NO5. The molecule has 0 saturated carbocycles. The molecule has 2 atom stereocenters. The fourth-order valence-electron chi connectivity index (χ4n) is 1.86. The molecule has 0 aromatic carbocycles. The average Bonchev–Trinajstić information content (AvgIpc) is 2.78. The molecule has 0 aromatic rings. The van der Waals surface area contributed by atoms with Crippen LogP contribution in [0.5, 0.6) is 0 Å². The fraction of sp³-hybridized carbons (Fsp3) is 0.778. The van der Waals surface area contributed by atoms with E-state index < -0.39 is 18.1 Å². The third-order valence-electron chi connectivity index (χ3n) is 2.74. The van der Waals surface area contributed by atoms with E-state index in [1.807, 2.05) is 0 Å². The lowest BCUT2D eigenvalue weighted by Crippen LogP contribution is -2.42. The van der Waals surface area contributed by atoms with Crippen molar-refractivity contribution in [3.05, 3.63) is 0 Å². The van der Waals surface area contributed by atoms with Crippen molar-refractivity contribution < 1.29 is 24.2 Å². The summed E-state index contributed by atoms with van der Waals surface area (Å²) in [5.74, 6) is -0.780. The van der Waals surface area contributed by atoms with Gasteiger partial charge in [-0.05, 0) is 6.42 Å². The predicted molar refractivity (Wildman–Crippen MR) is 48.4 cm³/mol. The van der Waals surface area contributed by atoms with Crippen molar-refractivity contribution in [1.29, 1.82) is 0 Å². The van der Waals surface area contributed by atoms with Crippen LogP contribution in [-0.2, 0) is 14.3 Å². The number of ether oxygens (including phenoxy) is 2. The highest BCUT2D eigenvalue weighted by atomic mass is 16.6. The van der Waals surface area contributed by atoms with Gasteiger partial charge in [0.05, 0.1) is 6.61 Å². The first-order valence-corrected chi connectivity index (χ1v) is 4.92. The summed E-state index contributed by atoms with van der Waals surface area (Å²) < 4.78 is 9.89. The first-order valence-electron chi connectivity index (χ1n) is 4.92. The van der Waals surface area contributed by atoms with Crippen LogP contribution in [0, 0.1) is 5.92 Å². The molecule has 0 aromatic heterocycles. The molecule has 1 N–H and O–H groups in total. The van der Waals surface area contributed by atoms with Gasteiger partial charge in [0.25, 0.3) is 0 Å². The van der Waals surface area contributed by atoms with Crippen LogP contribution in [0.15, 0.2) is 0 Å². The number of carbonyl (C=O) groups excluding carboxylic acids is 1. The minimum Gasteiger partial charge on any atom is -0.480 e. The summed E-state index contributed by atoms with van der Waals surface area (Å²) in [5, 5.41) is 8.87. The van der Waals surface area contributed by atoms with E-state index in [1.165, 1.54) is 4.90 Å². The summed E-state index contributed by atoms with van der Waals surface area (Å²) >= 11 is 0. The van der Waals surface area contributed by atoms with Crippen molar-refractivity contribution in [2.75, 3.05) is 26.4 Å². The van der Waals surface area contributed by atoms with Gasteiger partial charge in [-0.3, -0.25) is 4.90 Å². The van der Waals surface area contributed by atoms with E-state index in [-0.39, 0.29) is 12.5 Å². The Morgan fingerprint density at radius 1 is 1.53 bits per heavy atom. The molecule has 1 amide bonds. The topological polar surface area (TPSA) is 76.1 Å². The standard InChI is InChI=1S/C9H13NO5/c11-8(12)7-5-15-9(13)10(7)3-6-1-2-14-4-6/h6-7H,1-5H2,(H,11,12). The summed E-state index contributed by atoms with van der Waals surface area (Å²) in [6, 6.07) is -0.835. The fourth-order valence-corrected chi connectivity index (χ4v) is 1.86. The molecule has 84 valence electrons. The van der Waals surface area contributed by atoms with Crippen LogP contribution in [-0.4, -0.2) is 54.5 Å². The van der Waals surface area contributed by atoms with Crippen molar-refractivity contribution in [2.24, 2.45) is 5.92 Å². The first kappa shape index (κ1) is 10.2. The monoisotopic (exact) mass is 215 g/mol. The number of hydrogen-bond acceptors (Lipinski definition) is 4. The van der Waals surface area contributed by atoms with E-state index >= 15 is 0 Å². The molecule has 2 unspecified atom stereocenters. The summed E-state index contributed by atoms with van der Waals surface area (Å²) in [6.45, 7) is 1.64. The molecule has 15 heavy (non-hydrogen) atoms. The van der Waals surface area contributed by atoms with Crippen LogP contribution in [0.4, 0.5) is 4.79 Å². The van der Waals surface area contributed by atoms with Crippen molar-refractivity contribution in [3.63, 3.8) is 0 Å². The number of carboxylic acid groups (broad SMARTS) is 1. The Kier molecular flexibility index (Phi) is 2.77. The molecule has 0 radical (unpaired) electrons. The van der Waals surface area contributed by atoms with E-state index in [0.717, 1.165) is 6.42 Å². The Labute approximate surface area is 86.8 Å². The largest absolute Gasteiger partial charge is 0.480 e. The van der Waals surface area contributed by atoms with Crippen molar-refractivity contribution in [2.45, 2.75) is 12.5 Å². The van der Waals surface area contributed by atoms with E-state index in [2.05, 4.69) is 0 Å². The summed E-state index contributed by atoms with van der Waals surface area (Å²) in [4.78, 5) is 23.4. The number of amides is 1. The Morgan fingerprint density at radius 3 is 2.93 bits per heavy atom. The molecule has 0 bridgehead atoms. The summed E-state index contributed by atoms with van der Waals surface area (Å²) in [6.07, 6.45) is 0.338. The van der Waals surface area contributed by atoms with Gasteiger partial charge in [0, 0.05) is 19.1 Å². The van der Waals surface area contributed by atoms with Crippen LogP contribution in [0.25, 0.3) is 0 Å². The molecule has 0 aliphatic carbocycles. The smallest absolute Gasteiger partial charge is 0.410 e. The third-order valence-corrected chi connectivity index (χ3v) is 2.74. The van der Waals surface area contributed by atoms with Gasteiger partial charge in [0.1, 0.15) is 6.61 Å². The maximum atomic E-state index is 11.3. The van der Waals surface area contributed by atoms with Gasteiger partial charge in [-0.2, -0.15) is 0 Å². The third kappa shape index (κ3) is 2.04. The maximum absolute atomic E-state index is 11.3. The van der Waals surface area contributed by atoms with Gasteiger partial charge in [0.15, 0.2) is 6.04 Å². The number of carbonyl (C=O) groups is 2. The van der Waals surface area contributed by atoms with E-state index in [1.54, 1.807) is 0 Å². The highest BCUT2D eigenvalue weighted by Crippen LogP contribution is 2.19. The maximum Gasteiger partial charge on any atom is 0.410 e. The highest BCUT2D eigenvalue weighted by Gasteiger charge is 2.39. The van der Waals surface area contributed by atoms with Crippen molar-refractivity contribution in [1.82, 2.24) is 4.90 Å². The molecule has 2 rings (SSSR count). The average molecular weight is 215 g/mol. The minimum atomic E-state index is -1.01. The number of hydrogen-bond donors (Lipinski definition) is 1. The Balaban J connectivity index is 1.97. The lowest BCUT2D eigenvalue weighted by molar-refractivity contribution is -0.141. The minimum absolute atomic E-state index is 0.0538. The van der Waals surface area contributed by atoms with Crippen LogP contribution < -0.4 is 0 Å². The lowest BCUT2D eigenvalue weighted by atomic mass is 10.1. The van der Waals surface area contributed by atoms with Gasteiger partial charge in [-0.25, -0.2) is 9.59 Å². The van der Waals surface area contributed by atoms with Gasteiger partial charge in [0.2, 0.25) is 0 Å². The molecular weight excluding hydrogens is 202 g/mol. The normalized spacial score (nSPS) is 30.7. The van der Waals surface area contributed by atoms with Crippen LogP contribution in [0.2, 0.25) is 0 Å². The van der Waals surface area contributed by atoms with E-state index in [9.17, 15) is 9.59 Å². The predicted octanol–water partition coefficient (Wildman–Crippen LogP) is -0.0717. The molecule has 2 heterocycles. The first-order chi connectivity index (χ1) is 7.18. The van der Waals surface area contributed by atoms with E-state index in [0.29, 0.717) is 19.8 Å². The zero-order valence-corrected chi connectivity index (χ0v) is 8.22. The molecule has 6 heteroatoms. The zero-order valence-electron chi connectivity index (χ0n) is 8.22. The lowest BCUT2D eigenvalue weighted by Gasteiger charge is -2.20. The Bertz CT molecular complexity index is 274. The second-order valence-electron chi connectivity index (χ2n) is 3.81. The molecule has 2 aliphatic heterocycles. The Hall–Kier alpha value is -1.30. The van der Waals surface area contributed by atoms with Gasteiger partial charge >= 0.3 is 12.1 Å². The molecule has 2 aliphatic rings. The van der Waals surface area contributed by atoms with Crippen molar-refractivity contribution in [3.8, 4) is 0 Å². The number of carboxylic acids is 1. The highest BCUT2D eigenvalue weighted by molar-refractivity contribution is 5.82. The molecule has 6 nitrogen and oxygen atoms in total. The SMILES string of the molecule is O=C(O)C1COC(=O)N1CC1CCOC1. The van der Waals surface area contributed by atoms with Gasteiger partial charge in [-0.15, -0.1) is 0 Å². The number of rotatable bonds is 3. The Morgan fingerprint density at radius 2 is 2.33 bits per heavy atom. The summed E-state index contributed by atoms with van der Waals surface area (Å²) in [7, 11) is 0. The van der Waals surface area contributed by atoms with Crippen LogP contribution >= 0.6 is 0 Å². The van der Waals surface area contributed by atoms with Crippen LogP contribution in [0.1, 0.15) is 6.42 Å².